The van der Waals surface area contributed by atoms with Crippen LogP contribution in [0.15, 0.2) is 65.1 Å². The summed E-state index contributed by atoms with van der Waals surface area (Å²) in [6, 6.07) is 20.4. The van der Waals surface area contributed by atoms with E-state index >= 15 is 0 Å². The van der Waals surface area contributed by atoms with E-state index in [1.807, 2.05) is 12.1 Å². The largest absolute Gasteiger partial charge is 0.484 e. The highest BCUT2D eigenvalue weighted by Crippen LogP contribution is 2.21. The Kier molecular flexibility index (Phi) is 6.88. The minimum absolute atomic E-state index is 0.135. The normalized spacial score (nSPS) is 14.6. The third-order valence-electron chi connectivity index (χ3n) is 5.76. The summed E-state index contributed by atoms with van der Waals surface area (Å²) in [4.78, 5) is 15.0. The Labute approximate surface area is 188 Å². The number of nitrogens with one attached hydrogen (secondary N) is 1. The topological polar surface area (TPSA) is 78.5 Å². The molecule has 0 aliphatic carbocycles. The number of likely N-dealkylation sites (tertiary alicyclic amines) is 1. The first-order valence-electron chi connectivity index (χ1n) is 10.9. The Morgan fingerprint density at radius 1 is 1.12 bits per heavy atom. The van der Waals surface area contributed by atoms with Crippen LogP contribution >= 0.6 is 0 Å². The lowest BCUT2D eigenvalue weighted by Crippen LogP contribution is -2.32. The van der Waals surface area contributed by atoms with Crippen LogP contribution in [0.1, 0.15) is 47.2 Å². The summed E-state index contributed by atoms with van der Waals surface area (Å²) in [5.41, 5.74) is 2.42. The van der Waals surface area contributed by atoms with Crippen molar-refractivity contribution in [3.05, 3.63) is 83.3 Å². The van der Waals surface area contributed by atoms with Crippen LogP contribution < -0.4 is 10.1 Å². The van der Waals surface area contributed by atoms with E-state index in [9.17, 15) is 4.79 Å². The Morgan fingerprint density at radius 2 is 1.88 bits per heavy atom. The highest BCUT2D eigenvalue weighted by atomic mass is 16.5. The van der Waals surface area contributed by atoms with Gasteiger partial charge in [0.15, 0.2) is 5.76 Å². The van der Waals surface area contributed by atoms with Crippen LogP contribution in [0.4, 0.5) is 5.69 Å². The molecule has 32 heavy (non-hydrogen) atoms. The van der Waals surface area contributed by atoms with E-state index in [1.54, 1.807) is 36.4 Å². The van der Waals surface area contributed by atoms with Crippen molar-refractivity contribution in [1.82, 2.24) is 4.90 Å². The summed E-state index contributed by atoms with van der Waals surface area (Å²) in [5, 5.41) is 12.0. The summed E-state index contributed by atoms with van der Waals surface area (Å²) >= 11 is 0. The Morgan fingerprint density at radius 3 is 2.62 bits per heavy atom. The molecule has 1 aromatic heterocycles. The average molecular weight is 430 g/mol. The van der Waals surface area contributed by atoms with E-state index in [2.05, 4.69) is 35.3 Å². The van der Waals surface area contributed by atoms with Gasteiger partial charge in [0.05, 0.1) is 5.56 Å². The van der Waals surface area contributed by atoms with Gasteiger partial charge in [-0.1, -0.05) is 31.2 Å². The molecule has 1 amide bonds. The van der Waals surface area contributed by atoms with Crippen molar-refractivity contribution in [2.75, 3.05) is 18.4 Å². The Balaban J connectivity index is 1.29. The number of carbonyl (C=O) groups is 1. The average Bonchev–Trinajstić information content (AvgIpc) is 3.30. The first-order chi connectivity index (χ1) is 15.6. The molecule has 0 unspecified atom stereocenters. The number of furan rings is 1. The van der Waals surface area contributed by atoms with Gasteiger partial charge >= 0.3 is 0 Å². The molecule has 0 radical (unpaired) electrons. The van der Waals surface area contributed by atoms with Crippen LogP contribution in [0.25, 0.3) is 0 Å². The molecule has 1 aliphatic heterocycles. The second-order valence-electron chi connectivity index (χ2n) is 8.27. The second kappa shape index (κ2) is 10.2. The molecule has 164 valence electrons. The fraction of sp³-hybridized carbons (Fsp3) is 0.308. The number of amides is 1. The standard InChI is InChI=1S/C26H27N3O3/c1-19-12-14-29(15-13-19)17-20-6-8-22(9-7-20)28-26(30)25-11-10-23(32-25)18-31-24-5-3-2-4-21(24)16-27/h2-11,19H,12-15,17-18H2,1H3,(H,28,30). The maximum Gasteiger partial charge on any atom is 0.291 e. The summed E-state index contributed by atoms with van der Waals surface area (Å²) in [6.07, 6.45) is 2.52. The molecular formula is C26H27N3O3. The number of nitriles is 1. The predicted octanol–water partition coefficient (Wildman–Crippen LogP) is 5.21. The number of hydrogen-bond donors (Lipinski definition) is 1. The zero-order valence-corrected chi connectivity index (χ0v) is 18.2. The van der Waals surface area contributed by atoms with E-state index in [0.29, 0.717) is 17.1 Å². The van der Waals surface area contributed by atoms with Gasteiger partial charge in [-0.25, -0.2) is 0 Å². The van der Waals surface area contributed by atoms with Crippen LogP contribution in [0.2, 0.25) is 0 Å². The fourth-order valence-electron chi connectivity index (χ4n) is 3.78. The smallest absolute Gasteiger partial charge is 0.291 e. The maximum atomic E-state index is 12.5. The van der Waals surface area contributed by atoms with Crippen LogP contribution in [0, 0.1) is 17.2 Å². The lowest BCUT2D eigenvalue weighted by atomic mass is 9.99. The number of nitrogens with zero attached hydrogens (tertiary/aromatic N) is 2. The minimum Gasteiger partial charge on any atom is -0.484 e. The summed E-state index contributed by atoms with van der Waals surface area (Å²) in [7, 11) is 0. The quantitative estimate of drug-likeness (QED) is 0.557. The number of hydrogen-bond acceptors (Lipinski definition) is 5. The van der Waals surface area contributed by atoms with Crippen LogP contribution in [0.5, 0.6) is 5.75 Å². The molecule has 1 saturated heterocycles. The molecule has 0 bridgehead atoms. The van der Waals surface area contributed by atoms with Crippen LogP contribution in [-0.4, -0.2) is 23.9 Å². The van der Waals surface area contributed by atoms with Gasteiger partial charge in [-0.05, 0) is 73.8 Å². The second-order valence-corrected chi connectivity index (χ2v) is 8.27. The van der Waals surface area contributed by atoms with Crippen molar-refractivity contribution >= 4 is 11.6 Å². The van der Waals surface area contributed by atoms with E-state index in [1.165, 1.54) is 18.4 Å². The molecule has 6 nitrogen and oxygen atoms in total. The number of para-hydroxylation sites is 1. The summed E-state index contributed by atoms with van der Waals surface area (Å²) < 4.78 is 11.3. The van der Waals surface area contributed by atoms with E-state index in [0.717, 1.165) is 31.2 Å². The zero-order valence-electron chi connectivity index (χ0n) is 18.2. The molecule has 2 aromatic carbocycles. The van der Waals surface area contributed by atoms with Crippen molar-refractivity contribution in [1.29, 1.82) is 5.26 Å². The molecular weight excluding hydrogens is 402 g/mol. The van der Waals surface area contributed by atoms with Crippen molar-refractivity contribution in [2.45, 2.75) is 32.9 Å². The fourth-order valence-corrected chi connectivity index (χ4v) is 3.78. The van der Waals surface area contributed by atoms with Crippen molar-refractivity contribution in [3.8, 4) is 11.8 Å². The lowest BCUT2D eigenvalue weighted by Gasteiger charge is -2.30. The first kappa shape index (κ1) is 21.7. The van der Waals surface area contributed by atoms with Gasteiger partial charge in [0.1, 0.15) is 24.2 Å². The van der Waals surface area contributed by atoms with Gasteiger partial charge < -0.3 is 14.5 Å². The number of anilines is 1. The first-order valence-corrected chi connectivity index (χ1v) is 10.9. The molecule has 1 N–H and O–H groups in total. The highest BCUT2D eigenvalue weighted by Gasteiger charge is 2.16. The molecule has 1 fully saturated rings. The zero-order chi connectivity index (χ0) is 22.3. The van der Waals surface area contributed by atoms with Crippen molar-refractivity contribution in [3.63, 3.8) is 0 Å². The number of ether oxygens (including phenoxy) is 1. The lowest BCUT2D eigenvalue weighted by molar-refractivity contribution is 0.0992. The molecule has 0 spiro atoms. The van der Waals surface area contributed by atoms with Crippen molar-refractivity contribution in [2.24, 2.45) is 5.92 Å². The summed E-state index contributed by atoms with van der Waals surface area (Å²) in [5.74, 6) is 1.71. The third-order valence-corrected chi connectivity index (χ3v) is 5.76. The number of carbonyl (C=O) groups excluding carboxylic acids is 1. The molecule has 4 rings (SSSR count). The molecule has 2 heterocycles. The predicted molar refractivity (Wildman–Crippen MR) is 122 cm³/mol. The number of piperidine rings is 1. The van der Waals surface area contributed by atoms with E-state index < -0.39 is 0 Å². The third kappa shape index (κ3) is 5.57. The molecule has 3 aromatic rings. The van der Waals surface area contributed by atoms with Crippen molar-refractivity contribution < 1.29 is 13.9 Å². The molecule has 0 atom stereocenters. The van der Waals surface area contributed by atoms with E-state index in [-0.39, 0.29) is 18.3 Å². The van der Waals surface area contributed by atoms with E-state index in [4.69, 9.17) is 14.4 Å². The van der Waals surface area contributed by atoms with Gasteiger partial charge in [-0.15, -0.1) is 0 Å². The summed E-state index contributed by atoms with van der Waals surface area (Å²) in [6.45, 7) is 5.68. The Hall–Kier alpha value is -3.56. The SMILES string of the molecule is CC1CCN(Cc2ccc(NC(=O)c3ccc(COc4ccccc4C#N)o3)cc2)CC1. The molecule has 6 heteroatoms. The molecule has 1 aliphatic rings. The van der Waals surface area contributed by atoms with Gasteiger partial charge in [-0.3, -0.25) is 9.69 Å². The van der Waals surface area contributed by atoms with Crippen LogP contribution in [-0.2, 0) is 13.2 Å². The number of rotatable bonds is 7. The van der Waals surface area contributed by atoms with Gasteiger partial charge in [0.25, 0.3) is 5.91 Å². The number of benzene rings is 2. The van der Waals surface area contributed by atoms with Crippen LogP contribution in [0.3, 0.4) is 0 Å². The monoisotopic (exact) mass is 429 g/mol. The van der Waals surface area contributed by atoms with Gasteiger partial charge in [0, 0.05) is 12.2 Å². The minimum atomic E-state index is -0.313. The molecule has 0 saturated carbocycles. The highest BCUT2D eigenvalue weighted by molar-refractivity contribution is 6.02. The van der Waals surface area contributed by atoms with Gasteiger partial charge in [0.2, 0.25) is 0 Å². The Bertz CT molecular complexity index is 1090. The maximum absolute atomic E-state index is 12.5. The van der Waals surface area contributed by atoms with Gasteiger partial charge in [-0.2, -0.15) is 5.26 Å².